The first-order valence-corrected chi connectivity index (χ1v) is 11.1. The monoisotopic (exact) mass is 482 g/mol. The van der Waals surface area contributed by atoms with Crippen LogP contribution in [0, 0.1) is 0 Å². The Morgan fingerprint density at radius 2 is 1.03 bits per heavy atom. The topological polar surface area (TPSA) is 227 Å². The minimum absolute atomic E-state index is 0.126. The normalized spacial score (nSPS) is 12.0. The average molecular weight is 483 g/mol. The van der Waals surface area contributed by atoms with Gasteiger partial charge in [0.2, 0.25) is 0 Å². The van der Waals surface area contributed by atoms with E-state index in [4.69, 9.17) is 40.5 Å². The van der Waals surface area contributed by atoms with Crippen molar-refractivity contribution in [2.75, 3.05) is 27.2 Å². The zero-order chi connectivity index (χ0) is 25.3. The molecule has 0 aliphatic heterocycles. The number of nitrogens with zero attached hydrogens (tertiary/aromatic N) is 2. The number of hydrogen-bond acceptors (Lipinski definition) is 6. The van der Waals surface area contributed by atoms with Crippen LogP contribution < -0.4 is 33.6 Å². The van der Waals surface area contributed by atoms with Crippen LogP contribution >= 0.6 is 0 Å². The lowest BCUT2D eigenvalue weighted by Gasteiger charge is -2.13. The molecule has 0 amide bonds. The first kappa shape index (κ1) is 29.8. The highest BCUT2D eigenvalue weighted by Gasteiger charge is 2.07. The summed E-state index contributed by atoms with van der Waals surface area (Å²) >= 11 is 0. The van der Waals surface area contributed by atoms with Gasteiger partial charge in [-0.2, -0.15) is 8.42 Å². The maximum absolute atomic E-state index is 8.74. The molecule has 0 spiro atoms. The molecule has 0 bridgehead atoms. The van der Waals surface area contributed by atoms with Crippen molar-refractivity contribution < 1.29 is 17.5 Å². The third-order valence-electron chi connectivity index (χ3n) is 4.01. The van der Waals surface area contributed by atoms with E-state index in [1.54, 1.807) is 0 Å². The van der Waals surface area contributed by atoms with Gasteiger partial charge in [-0.25, -0.2) is 0 Å². The van der Waals surface area contributed by atoms with E-state index in [-0.39, 0.29) is 24.0 Å². The molecule has 0 saturated heterocycles. The Bertz CT molecular complexity index is 862. The lowest BCUT2D eigenvalue weighted by atomic mass is 10.1. The maximum Gasteiger partial charge on any atom is 0.394 e. The average Bonchev–Trinajstić information content (AvgIpc) is 2.75. The second-order valence-corrected chi connectivity index (χ2v) is 7.38. The number of hydrogen-bond donors (Lipinski definition) is 8. The summed E-state index contributed by atoms with van der Waals surface area (Å²) < 4.78 is 31.6. The molecular formula is C20H34N8O4S. The van der Waals surface area contributed by atoms with Crippen molar-refractivity contribution >= 4 is 22.3 Å². The van der Waals surface area contributed by atoms with Gasteiger partial charge in [0, 0.05) is 0 Å². The number of nitrogens with two attached hydrogens (primary N) is 4. The van der Waals surface area contributed by atoms with Crippen LogP contribution in [0.4, 0.5) is 0 Å². The lowest BCUT2D eigenvalue weighted by Crippen LogP contribution is -2.26. The summed E-state index contributed by atoms with van der Waals surface area (Å²) in [5, 5.41) is 6.31. The molecule has 0 aromatic heterocycles. The van der Waals surface area contributed by atoms with Gasteiger partial charge in [0.15, 0.2) is 11.9 Å². The van der Waals surface area contributed by atoms with E-state index in [9.17, 15) is 0 Å². The second kappa shape index (κ2) is 16.4. The molecule has 2 aromatic carbocycles. The zero-order valence-corrected chi connectivity index (χ0v) is 19.5. The van der Waals surface area contributed by atoms with Crippen LogP contribution in [0.25, 0.3) is 0 Å². The number of rotatable bonds is 8. The molecule has 13 heteroatoms. The summed E-state index contributed by atoms with van der Waals surface area (Å²) in [4.78, 5) is 7.96. The van der Waals surface area contributed by atoms with Crippen LogP contribution in [0.1, 0.15) is 23.2 Å². The quantitative estimate of drug-likeness (QED) is 0.140. The minimum Gasteiger partial charge on any atom is -0.370 e. The predicted molar refractivity (Wildman–Crippen MR) is 132 cm³/mol. The molecule has 2 aromatic rings. The van der Waals surface area contributed by atoms with Crippen molar-refractivity contribution in [3.8, 4) is 0 Å². The molecule has 0 heterocycles. The second-order valence-electron chi connectivity index (χ2n) is 6.48. The largest absolute Gasteiger partial charge is 0.394 e. The van der Waals surface area contributed by atoms with E-state index in [0.717, 1.165) is 0 Å². The highest BCUT2D eigenvalue weighted by Crippen LogP contribution is 2.12. The van der Waals surface area contributed by atoms with Crippen molar-refractivity contribution in [3.63, 3.8) is 0 Å². The number of nitrogens with one attached hydrogen (secondary N) is 2. The Labute approximate surface area is 194 Å². The van der Waals surface area contributed by atoms with Crippen molar-refractivity contribution in [1.29, 1.82) is 0 Å². The van der Waals surface area contributed by atoms with Crippen molar-refractivity contribution in [3.05, 3.63) is 71.8 Å². The highest BCUT2D eigenvalue weighted by atomic mass is 32.3. The van der Waals surface area contributed by atoms with Gasteiger partial charge in [-0.05, 0) is 25.2 Å². The summed E-state index contributed by atoms with van der Waals surface area (Å²) in [6.45, 7) is 1.12. The van der Waals surface area contributed by atoms with Crippen LogP contribution in [0.3, 0.4) is 0 Å². The van der Waals surface area contributed by atoms with Gasteiger partial charge in [0.1, 0.15) is 0 Å². The van der Waals surface area contributed by atoms with Gasteiger partial charge in [-0.1, -0.05) is 60.7 Å². The van der Waals surface area contributed by atoms with Crippen molar-refractivity contribution in [2.45, 2.75) is 12.1 Å². The van der Waals surface area contributed by atoms with E-state index in [1.807, 2.05) is 74.8 Å². The summed E-state index contributed by atoms with van der Waals surface area (Å²) in [5.41, 5.74) is 23.5. The molecule has 33 heavy (non-hydrogen) atoms. The molecular weight excluding hydrogens is 448 g/mol. The third kappa shape index (κ3) is 17.1. The maximum atomic E-state index is 8.74. The lowest BCUT2D eigenvalue weighted by molar-refractivity contribution is 0.381. The Balaban J connectivity index is 0.000000517. The van der Waals surface area contributed by atoms with Crippen molar-refractivity contribution in [1.82, 2.24) is 10.6 Å². The summed E-state index contributed by atoms with van der Waals surface area (Å²) in [5.74, 6) is 0.252. The zero-order valence-electron chi connectivity index (χ0n) is 18.7. The van der Waals surface area contributed by atoms with Crippen LogP contribution in [-0.2, 0) is 10.4 Å². The molecule has 2 rings (SSSR count). The minimum atomic E-state index is -4.67. The molecule has 2 atom stereocenters. The standard InChI is InChI=1S/2C10H16N4.H2O4S/c2*1-13-9(7-14-10(11)12)8-5-3-2-4-6-8;1-5(2,3)4/h2*2-6,9,13H,7H2,1H3,(H4,11,12,14);(H2,1,2,3,4). The number of aliphatic imine (C=N–C) groups is 2. The molecule has 0 fully saturated rings. The van der Waals surface area contributed by atoms with Gasteiger partial charge < -0.3 is 33.6 Å². The van der Waals surface area contributed by atoms with Gasteiger partial charge in [0.05, 0.1) is 25.2 Å². The fourth-order valence-electron chi connectivity index (χ4n) is 2.49. The van der Waals surface area contributed by atoms with E-state index in [0.29, 0.717) is 13.1 Å². The van der Waals surface area contributed by atoms with E-state index in [1.165, 1.54) is 11.1 Å². The number of likely N-dealkylation sites (N-methyl/N-ethyl adjacent to an activating group) is 2. The summed E-state index contributed by atoms with van der Waals surface area (Å²) in [7, 11) is -0.889. The van der Waals surface area contributed by atoms with Crippen LogP contribution in [0.5, 0.6) is 0 Å². The van der Waals surface area contributed by atoms with Crippen LogP contribution in [0.2, 0.25) is 0 Å². The SMILES string of the molecule is CNC(CN=C(N)N)c1ccccc1.CNC(CN=C(N)N)c1ccccc1.O=S(=O)(O)O. The van der Waals surface area contributed by atoms with Gasteiger partial charge >= 0.3 is 10.4 Å². The Morgan fingerprint density at radius 1 is 0.758 bits per heavy atom. The summed E-state index contributed by atoms with van der Waals surface area (Å²) in [6, 6.07) is 20.5. The molecule has 0 saturated carbocycles. The van der Waals surface area contributed by atoms with E-state index >= 15 is 0 Å². The van der Waals surface area contributed by atoms with Gasteiger partial charge in [0.25, 0.3) is 0 Å². The first-order valence-electron chi connectivity index (χ1n) is 9.73. The summed E-state index contributed by atoms with van der Waals surface area (Å²) in [6.07, 6.45) is 0. The molecule has 12 nitrogen and oxygen atoms in total. The smallest absolute Gasteiger partial charge is 0.370 e. The van der Waals surface area contributed by atoms with Gasteiger partial charge in [-0.15, -0.1) is 0 Å². The molecule has 2 unspecified atom stereocenters. The predicted octanol–water partition coefficient (Wildman–Crippen LogP) is -0.212. The highest BCUT2D eigenvalue weighted by molar-refractivity contribution is 7.79. The van der Waals surface area contributed by atoms with E-state index in [2.05, 4.69) is 20.6 Å². The third-order valence-corrected chi connectivity index (χ3v) is 4.01. The fourth-order valence-corrected chi connectivity index (χ4v) is 2.49. The Kier molecular flexibility index (Phi) is 14.8. The molecule has 0 aliphatic rings. The van der Waals surface area contributed by atoms with Crippen LogP contribution in [0.15, 0.2) is 70.6 Å². The van der Waals surface area contributed by atoms with E-state index < -0.39 is 10.4 Å². The van der Waals surface area contributed by atoms with Gasteiger partial charge in [-0.3, -0.25) is 19.1 Å². The molecule has 12 N–H and O–H groups in total. The molecule has 0 radical (unpaired) electrons. The first-order chi connectivity index (χ1) is 15.5. The van der Waals surface area contributed by atoms with Crippen LogP contribution in [-0.4, -0.2) is 56.6 Å². The fraction of sp³-hybridized carbons (Fsp3) is 0.300. The molecule has 184 valence electrons. The Morgan fingerprint density at radius 3 is 1.24 bits per heavy atom. The number of guanidine groups is 2. The van der Waals surface area contributed by atoms with Crippen molar-refractivity contribution in [2.24, 2.45) is 32.9 Å². The number of benzene rings is 2. The Hall–Kier alpha value is -3.23. The molecule has 0 aliphatic carbocycles.